The van der Waals surface area contributed by atoms with Crippen LogP contribution in [0.2, 0.25) is 0 Å². The molecule has 2 rings (SSSR count). The zero-order valence-corrected chi connectivity index (χ0v) is 12.3. The van der Waals surface area contributed by atoms with Crippen molar-refractivity contribution in [3.8, 4) is 0 Å². The fourth-order valence-electron chi connectivity index (χ4n) is 1.65. The van der Waals surface area contributed by atoms with Gasteiger partial charge in [0.05, 0.1) is 11.9 Å². The number of carboxylic acid groups (broad SMARTS) is 1. The van der Waals surface area contributed by atoms with Crippen molar-refractivity contribution in [1.82, 2.24) is 9.88 Å². The predicted molar refractivity (Wildman–Crippen MR) is 80.9 cm³/mol. The van der Waals surface area contributed by atoms with Gasteiger partial charge < -0.3 is 15.3 Å². The lowest BCUT2D eigenvalue weighted by Gasteiger charge is -2.17. The van der Waals surface area contributed by atoms with Crippen LogP contribution in [0.25, 0.3) is 0 Å². The van der Waals surface area contributed by atoms with Crippen LogP contribution in [0, 0.1) is 0 Å². The van der Waals surface area contributed by atoms with E-state index in [0.29, 0.717) is 12.2 Å². The van der Waals surface area contributed by atoms with Gasteiger partial charge >= 0.3 is 12.0 Å². The molecular formula is C14H15N3O3S. The van der Waals surface area contributed by atoms with Gasteiger partial charge in [0.15, 0.2) is 0 Å². The number of aromatic nitrogens is 1. The molecule has 0 saturated heterocycles. The summed E-state index contributed by atoms with van der Waals surface area (Å²) in [6.07, 6.45) is 2.13. The number of hydrogen-bond donors (Lipinski definition) is 2. The maximum atomic E-state index is 12.0. The van der Waals surface area contributed by atoms with Crippen LogP contribution in [0.15, 0.2) is 35.8 Å². The molecule has 0 fully saturated rings. The minimum Gasteiger partial charge on any atom is -0.477 e. The normalized spacial score (nSPS) is 10.1. The van der Waals surface area contributed by atoms with Crippen molar-refractivity contribution >= 4 is 29.0 Å². The van der Waals surface area contributed by atoms with Crippen LogP contribution in [0.3, 0.4) is 0 Å². The molecule has 7 heteroatoms. The highest BCUT2D eigenvalue weighted by atomic mass is 32.1. The number of urea groups is 1. The number of anilines is 1. The van der Waals surface area contributed by atoms with Crippen molar-refractivity contribution in [3.63, 3.8) is 0 Å². The molecule has 2 N–H and O–H groups in total. The zero-order chi connectivity index (χ0) is 15.2. The monoisotopic (exact) mass is 305 g/mol. The molecule has 2 amide bonds. The van der Waals surface area contributed by atoms with Gasteiger partial charge in [-0.2, -0.15) is 0 Å². The molecule has 2 heterocycles. The first-order valence-corrected chi connectivity index (χ1v) is 7.18. The minimum absolute atomic E-state index is 0.0564. The highest BCUT2D eigenvalue weighted by Gasteiger charge is 2.10. The van der Waals surface area contributed by atoms with Gasteiger partial charge in [0, 0.05) is 18.5 Å². The Bertz CT molecular complexity index is 611. The van der Waals surface area contributed by atoms with E-state index in [9.17, 15) is 9.59 Å². The van der Waals surface area contributed by atoms with Crippen molar-refractivity contribution < 1.29 is 14.7 Å². The molecule has 0 spiro atoms. The summed E-state index contributed by atoms with van der Waals surface area (Å²) in [6, 6.07) is 6.63. The first-order valence-electron chi connectivity index (χ1n) is 6.30. The molecule has 0 radical (unpaired) electrons. The summed E-state index contributed by atoms with van der Waals surface area (Å²) >= 11 is 1.66. The molecule has 2 aromatic heterocycles. The standard InChI is InChI=1S/C14H15N3O3S/c1-17(7-6-11-3-2-8-21-11)14(20)16-10-4-5-12(13(18)19)15-9-10/h2-5,8-9H,6-7H2,1H3,(H,16,20)(H,18,19). The Morgan fingerprint density at radius 2 is 2.19 bits per heavy atom. The van der Waals surface area contributed by atoms with E-state index in [2.05, 4.69) is 10.3 Å². The Balaban J connectivity index is 1.86. The molecule has 0 aliphatic carbocycles. The Labute approximate surface area is 126 Å². The van der Waals surface area contributed by atoms with Crippen LogP contribution >= 0.6 is 11.3 Å². The molecule has 0 aromatic carbocycles. The average molecular weight is 305 g/mol. The topological polar surface area (TPSA) is 82.5 Å². The Morgan fingerprint density at radius 3 is 2.76 bits per heavy atom. The summed E-state index contributed by atoms with van der Waals surface area (Å²) in [5.74, 6) is -1.10. The number of carbonyl (C=O) groups is 2. The van der Waals surface area contributed by atoms with Crippen LogP contribution in [0.1, 0.15) is 15.4 Å². The molecular weight excluding hydrogens is 290 g/mol. The van der Waals surface area contributed by atoms with Gasteiger partial charge in [-0.25, -0.2) is 14.6 Å². The molecule has 0 bridgehead atoms. The summed E-state index contributed by atoms with van der Waals surface area (Å²) in [6.45, 7) is 0.604. The van der Waals surface area contributed by atoms with Crippen molar-refractivity contribution in [1.29, 1.82) is 0 Å². The summed E-state index contributed by atoms with van der Waals surface area (Å²) in [4.78, 5) is 29.2. The molecule has 2 aromatic rings. The SMILES string of the molecule is CN(CCc1cccs1)C(=O)Nc1ccc(C(=O)O)nc1. The number of hydrogen-bond acceptors (Lipinski definition) is 4. The average Bonchev–Trinajstić information content (AvgIpc) is 2.98. The van der Waals surface area contributed by atoms with E-state index in [1.165, 1.54) is 23.2 Å². The first-order chi connectivity index (χ1) is 10.1. The third-order valence-electron chi connectivity index (χ3n) is 2.85. The number of amides is 2. The van der Waals surface area contributed by atoms with E-state index in [1.807, 2.05) is 17.5 Å². The van der Waals surface area contributed by atoms with Crippen molar-refractivity contribution in [2.75, 3.05) is 18.9 Å². The van der Waals surface area contributed by atoms with E-state index in [1.54, 1.807) is 23.3 Å². The third kappa shape index (κ3) is 4.28. The Morgan fingerprint density at radius 1 is 1.38 bits per heavy atom. The van der Waals surface area contributed by atoms with Gasteiger partial charge in [-0.1, -0.05) is 6.07 Å². The fraction of sp³-hybridized carbons (Fsp3) is 0.214. The van der Waals surface area contributed by atoms with Crippen LogP contribution in [0.4, 0.5) is 10.5 Å². The summed E-state index contributed by atoms with van der Waals surface area (Å²) in [7, 11) is 1.71. The van der Waals surface area contributed by atoms with Gasteiger partial charge in [-0.15, -0.1) is 11.3 Å². The quantitative estimate of drug-likeness (QED) is 0.889. The Hall–Kier alpha value is -2.41. The number of nitrogens with zero attached hydrogens (tertiary/aromatic N) is 2. The number of nitrogens with one attached hydrogen (secondary N) is 1. The summed E-state index contributed by atoms with van der Waals surface area (Å²) in [5, 5.41) is 13.4. The number of carboxylic acids is 1. The highest BCUT2D eigenvalue weighted by Crippen LogP contribution is 2.10. The maximum absolute atomic E-state index is 12.0. The fourth-order valence-corrected chi connectivity index (χ4v) is 2.35. The van der Waals surface area contributed by atoms with E-state index in [-0.39, 0.29) is 11.7 Å². The number of carbonyl (C=O) groups excluding carboxylic acids is 1. The second-order valence-electron chi connectivity index (χ2n) is 4.42. The largest absolute Gasteiger partial charge is 0.477 e. The lowest BCUT2D eigenvalue weighted by molar-refractivity contribution is 0.0690. The molecule has 6 nitrogen and oxygen atoms in total. The molecule has 21 heavy (non-hydrogen) atoms. The second-order valence-corrected chi connectivity index (χ2v) is 5.45. The van der Waals surface area contributed by atoms with Crippen LogP contribution in [-0.4, -0.2) is 40.6 Å². The molecule has 110 valence electrons. The summed E-state index contributed by atoms with van der Waals surface area (Å²) < 4.78 is 0. The number of aromatic carboxylic acids is 1. The molecule has 0 atom stereocenters. The zero-order valence-electron chi connectivity index (χ0n) is 11.4. The first kappa shape index (κ1) is 15.0. The third-order valence-corrected chi connectivity index (χ3v) is 3.79. The molecule has 0 saturated carbocycles. The maximum Gasteiger partial charge on any atom is 0.354 e. The van der Waals surface area contributed by atoms with E-state index < -0.39 is 5.97 Å². The minimum atomic E-state index is -1.10. The van der Waals surface area contributed by atoms with Crippen LogP contribution in [0.5, 0.6) is 0 Å². The number of rotatable bonds is 5. The van der Waals surface area contributed by atoms with Crippen molar-refractivity contribution in [3.05, 3.63) is 46.4 Å². The number of pyridine rings is 1. The lowest BCUT2D eigenvalue weighted by atomic mass is 10.3. The van der Waals surface area contributed by atoms with E-state index in [0.717, 1.165) is 6.42 Å². The molecule has 0 aliphatic heterocycles. The highest BCUT2D eigenvalue weighted by molar-refractivity contribution is 7.09. The van der Waals surface area contributed by atoms with Crippen molar-refractivity contribution in [2.45, 2.75) is 6.42 Å². The van der Waals surface area contributed by atoms with Gasteiger partial charge in [0.1, 0.15) is 5.69 Å². The van der Waals surface area contributed by atoms with Gasteiger partial charge in [-0.3, -0.25) is 0 Å². The van der Waals surface area contributed by atoms with E-state index in [4.69, 9.17) is 5.11 Å². The van der Waals surface area contributed by atoms with E-state index >= 15 is 0 Å². The number of likely N-dealkylation sites (N-methyl/N-ethyl adjacent to an activating group) is 1. The summed E-state index contributed by atoms with van der Waals surface area (Å²) in [5.41, 5.74) is 0.409. The molecule has 0 unspecified atom stereocenters. The van der Waals surface area contributed by atoms with Gasteiger partial charge in [-0.05, 0) is 30.0 Å². The Kier molecular flexibility index (Phi) is 4.89. The van der Waals surface area contributed by atoms with Crippen LogP contribution < -0.4 is 5.32 Å². The molecule has 0 aliphatic rings. The predicted octanol–water partition coefficient (Wildman–Crippen LogP) is 2.55. The smallest absolute Gasteiger partial charge is 0.354 e. The van der Waals surface area contributed by atoms with Gasteiger partial charge in [0.25, 0.3) is 0 Å². The lowest BCUT2D eigenvalue weighted by Crippen LogP contribution is -2.32. The van der Waals surface area contributed by atoms with Gasteiger partial charge in [0.2, 0.25) is 0 Å². The van der Waals surface area contributed by atoms with Crippen molar-refractivity contribution in [2.24, 2.45) is 0 Å². The number of thiophene rings is 1. The second kappa shape index (κ2) is 6.85. The van der Waals surface area contributed by atoms with Crippen LogP contribution in [-0.2, 0) is 6.42 Å².